The molecule has 2 amide bonds. The second-order valence-corrected chi connectivity index (χ2v) is 8.84. The van der Waals surface area contributed by atoms with Gasteiger partial charge in [0.2, 0.25) is 11.8 Å². The molecule has 4 aliphatic heterocycles. The van der Waals surface area contributed by atoms with Gasteiger partial charge in [0.25, 0.3) is 0 Å². The molecule has 1 spiro atoms. The number of fused-ring (bicyclic) bond motifs is 1. The Bertz CT molecular complexity index is 816. The molecule has 1 aromatic rings. The van der Waals surface area contributed by atoms with Gasteiger partial charge >= 0.3 is 0 Å². The first-order valence-corrected chi connectivity index (χ1v) is 10.4. The predicted octanol–water partition coefficient (Wildman–Crippen LogP) is 1.98. The molecule has 0 aromatic carbocycles. The Balaban J connectivity index is 1.31. The smallest absolute Gasteiger partial charge is 0.230 e. The summed E-state index contributed by atoms with van der Waals surface area (Å²) in [5, 5.41) is 0. The minimum absolute atomic E-state index is 0.0758. The van der Waals surface area contributed by atoms with Crippen LogP contribution in [0.4, 0.5) is 0 Å². The van der Waals surface area contributed by atoms with Gasteiger partial charge in [0.15, 0.2) is 0 Å². The Kier molecular flexibility index (Phi) is 4.09. The van der Waals surface area contributed by atoms with Gasteiger partial charge in [-0.1, -0.05) is 12.2 Å². The first-order chi connectivity index (χ1) is 13.5. The van der Waals surface area contributed by atoms with Gasteiger partial charge in [-0.05, 0) is 50.3 Å². The van der Waals surface area contributed by atoms with Crippen LogP contribution in [0.5, 0.6) is 0 Å². The van der Waals surface area contributed by atoms with Crippen molar-refractivity contribution >= 4 is 11.8 Å². The fourth-order valence-corrected chi connectivity index (χ4v) is 5.53. The highest BCUT2D eigenvalue weighted by Gasteiger charge is 2.67. The number of aromatic nitrogens is 1. The average Bonchev–Trinajstić information content (AvgIpc) is 3.36. The van der Waals surface area contributed by atoms with Crippen LogP contribution in [0.2, 0.25) is 0 Å². The Morgan fingerprint density at radius 1 is 1.25 bits per heavy atom. The molecule has 4 atom stereocenters. The normalized spacial score (nSPS) is 34.5. The molecule has 4 aliphatic rings. The number of hydrogen-bond acceptors (Lipinski definition) is 4. The van der Waals surface area contributed by atoms with E-state index in [1.54, 1.807) is 0 Å². The van der Waals surface area contributed by atoms with E-state index < -0.39 is 5.60 Å². The van der Waals surface area contributed by atoms with Crippen molar-refractivity contribution in [3.8, 4) is 0 Å². The number of likely N-dealkylation sites (tertiary alicyclic amines) is 2. The third-order valence-electron chi connectivity index (χ3n) is 7.02. The van der Waals surface area contributed by atoms with Gasteiger partial charge in [-0.15, -0.1) is 0 Å². The van der Waals surface area contributed by atoms with Gasteiger partial charge in [0.05, 0.1) is 24.5 Å². The van der Waals surface area contributed by atoms with E-state index in [0.717, 1.165) is 25.9 Å². The summed E-state index contributed by atoms with van der Waals surface area (Å²) in [5.74, 6) is -0.103. The van der Waals surface area contributed by atoms with Gasteiger partial charge in [-0.25, -0.2) is 0 Å². The maximum absolute atomic E-state index is 13.4. The maximum atomic E-state index is 13.4. The van der Waals surface area contributed by atoms with Gasteiger partial charge < -0.3 is 14.5 Å². The molecule has 6 heteroatoms. The van der Waals surface area contributed by atoms with Crippen molar-refractivity contribution in [2.75, 3.05) is 19.6 Å². The zero-order chi connectivity index (χ0) is 19.5. The van der Waals surface area contributed by atoms with Crippen molar-refractivity contribution in [3.63, 3.8) is 0 Å². The molecule has 5 rings (SSSR count). The first-order valence-electron chi connectivity index (χ1n) is 10.4. The van der Waals surface area contributed by atoms with Crippen LogP contribution in [-0.4, -0.2) is 64.0 Å². The van der Waals surface area contributed by atoms with Crippen LogP contribution < -0.4 is 0 Å². The van der Waals surface area contributed by atoms with Crippen molar-refractivity contribution < 1.29 is 14.3 Å². The van der Waals surface area contributed by atoms with Crippen LogP contribution in [0.25, 0.3) is 0 Å². The summed E-state index contributed by atoms with van der Waals surface area (Å²) in [6, 6.07) is 4.26. The molecule has 1 aromatic heterocycles. The third kappa shape index (κ3) is 2.54. The Morgan fingerprint density at radius 3 is 2.64 bits per heavy atom. The number of amides is 2. The molecule has 6 nitrogen and oxygen atoms in total. The number of ether oxygens (including phenoxy) is 1. The first kappa shape index (κ1) is 17.9. The van der Waals surface area contributed by atoms with E-state index in [9.17, 15) is 9.59 Å². The third-order valence-corrected chi connectivity index (χ3v) is 7.02. The fraction of sp³-hybridized carbons (Fsp3) is 0.591. The summed E-state index contributed by atoms with van der Waals surface area (Å²) in [6.45, 7) is 6.08. The van der Waals surface area contributed by atoms with E-state index in [1.807, 2.05) is 48.2 Å². The summed E-state index contributed by atoms with van der Waals surface area (Å²) in [6.07, 6.45) is 9.34. The zero-order valence-electron chi connectivity index (χ0n) is 16.5. The van der Waals surface area contributed by atoms with Gasteiger partial charge in [0.1, 0.15) is 5.60 Å². The summed E-state index contributed by atoms with van der Waals surface area (Å²) in [4.78, 5) is 34.4. The van der Waals surface area contributed by atoms with Gasteiger partial charge in [0, 0.05) is 31.5 Å². The SMILES string of the molecule is CC(C)N1C[C@@]23C=C[C@@H](O2)[C@H](C(=O)N2CCC(c4ccncc4)CC2)[C@@H]3C1=O. The van der Waals surface area contributed by atoms with Crippen molar-refractivity contribution in [2.24, 2.45) is 11.8 Å². The minimum atomic E-state index is -0.596. The van der Waals surface area contributed by atoms with Gasteiger partial charge in [-0.2, -0.15) is 0 Å². The van der Waals surface area contributed by atoms with E-state index in [-0.39, 0.29) is 35.8 Å². The number of nitrogens with zero attached hydrogens (tertiary/aromatic N) is 3. The molecule has 28 heavy (non-hydrogen) atoms. The van der Waals surface area contributed by atoms with Crippen LogP contribution >= 0.6 is 0 Å². The summed E-state index contributed by atoms with van der Waals surface area (Å²) in [5.41, 5.74) is 0.701. The monoisotopic (exact) mass is 381 g/mol. The highest BCUT2D eigenvalue weighted by atomic mass is 16.5. The van der Waals surface area contributed by atoms with Crippen LogP contribution in [0.15, 0.2) is 36.7 Å². The lowest BCUT2D eigenvalue weighted by molar-refractivity contribution is -0.144. The summed E-state index contributed by atoms with van der Waals surface area (Å²) < 4.78 is 6.22. The lowest BCUT2D eigenvalue weighted by atomic mass is 9.76. The van der Waals surface area contributed by atoms with E-state index in [2.05, 4.69) is 17.1 Å². The largest absolute Gasteiger partial charge is 0.360 e. The van der Waals surface area contributed by atoms with Crippen LogP contribution in [0.3, 0.4) is 0 Å². The summed E-state index contributed by atoms with van der Waals surface area (Å²) >= 11 is 0. The number of rotatable bonds is 3. The second-order valence-electron chi connectivity index (χ2n) is 8.84. The lowest BCUT2D eigenvalue weighted by Crippen LogP contribution is -2.48. The average molecular weight is 381 g/mol. The molecule has 2 bridgehead atoms. The Hall–Kier alpha value is -2.21. The standard InChI is InChI=1S/C22H27N3O3/c1-14(2)25-13-22-8-3-17(28-22)18(19(22)21(25)27)20(26)24-11-6-16(7-12-24)15-4-9-23-10-5-15/h3-5,8-10,14,16-19H,6-7,11-13H2,1-2H3/t17-,18+,19-,22-/m1/s1. The molecular formula is C22H27N3O3. The Morgan fingerprint density at radius 2 is 1.96 bits per heavy atom. The molecule has 0 saturated carbocycles. The highest BCUT2D eigenvalue weighted by Crippen LogP contribution is 2.52. The number of carbonyl (C=O) groups excluding carboxylic acids is 2. The predicted molar refractivity (Wildman–Crippen MR) is 103 cm³/mol. The Labute approximate surface area is 165 Å². The van der Waals surface area contributed by atoms with E-state index in [4.69, 9.17) is 4.74 Å². The van der Waals surface area contributed by atoms with Crippen LogP contribution in [0.1, 0.15) is 38.2 Å². The van der Waals surface area contributed by atoms with E-state index in [1.165, 1.54) is 5.56 Å². The quantitative estimate of drug-likeness (QED) is 0.751. The van der Waals surface area contributed by atoms with Crippen LogP contribution in [0, 0.1) is 11.8 Å². The number of carbonyl (C=O) groups is 2. The van der Waals surface area contributed by atoms with Crippen LogP contribution in [-0.2, 0) is 14.3 Å². The van der Waals surface area contributed by atoms with E-state index >= 15 is 0 Å². The van der Waals surface area contributed by atoms with E-state index in [0.29, 0.717) is 12.5 Å². The molecule has 0 N–H and O–H groups in total. The molecule has 3 fully saturated rings. The number of pyridine rings is 1. The lowest BCUT2D eigenvalue weighted by Gasteiger charge is -2.35. The van der Waals surface area contributed by atoms with Crippen molar-refractivity contribution in [1.29, 1.82) is 0 Å². The van der Waals surface area contributed by atoms with Crippen molar-refractivity contribution in [1.82, 2.24) is 14.8 Å². The molecule has 0 radical (unpaired) electrons. The highest BCUT2D eigenvalue weighted by molar-refractivity contribution is 5.93. The molecule has 0 unspecified atom stereocenters. The molecule has 5 heterocycles. The van der Waals surface area contributed by atoms with Crippen molar-refractivity contribution in [3.05, 3.63) is 42.2 Å². The zero-order valence-corrected chi connectivity index (χ0v) is 16.5. The molecule has 148 valence electrons. The summed E-state index contributed by atoms with van der Waals surface area (Å²) in [7, 11) is 0. The number of hydrogen-bond donors (Lipinski definition) is 0. The molecular weight excluding hydrogens is 354 g/mol. The minimum Gasteiger partial charge on any atom is -0.360 e. The molecule has 3 saturated heterocycles. The second kappa shape index (κ2) is 6.41. The van der Waals surface area contributed by atoms with Gasteiger partial charge in [-0.3, -0.25) is 14.6 Å². The maximum Gasteiger partial charge on any atom is 0.230 e. The van der Waals surface area contributed by atoms with Crippen molar-refractivity contribution in [2.45, 2.75) is 50.4 Å². The number of piperidine rings is 1. The topological polar surface area (TPSA) is 62.7 Å². The molecule has 0 aliphatic carbocycles. The fourth-order valence-electron chi connectivity index (χ4n) is 5.53.